The van der Waals surface area contributed by atoms with Crippen LogP contribution in [0.25, 0.3) is 0 Å². The Morgan fingerprint density at radius 1 is 1.55 bits per heavy atom. The molecule has 13 heteroatoms. The van der Waals surface area contributed by atoms with E-state index in [4.69, 9.17) is 5.84 Å². The molecule has 0 bridgehead atoms. The SMILES string of the molecule is Cn1ncnc1NS(=O)(=O)c1cc([N+](=O)[O-])c(NN)s1. The molecule has 0 spiro atoms. The number of nitrogens with zero attached hydrogens (tertiary/aromatic N) is 4. The summed E-state index contributed by atoms with van der Waals surface area (Å²) in [6.45, 7) is 0. The maximum absolute atomic E-state index is 12.1. The van der Waals surface area contributed by atoms with Crippen LogP contribution < -0.4 is 16.0 Å². The summed E-state index contributed by atoms with van der Waals surface area (Å²) in [5.41, 5.74) is 1.67. The van der Waals surface area contributed by atoms with E-state index >= 15 is 0 Å². The molecule has 20 heavy (non-hydrogen) atoms. The predicted molar refractivity (Wildman–Crippen MR) is 70.6 cm³/mol. The first kappa shape index (κ1) is 14.2. The maximum atomic E-state index is 12.1. The van der Waals surface area contributed by atoms with Crippen molar-refractivity contribution < 1.29 is 13.3 Å². The lowest BCUT2D eigenvalue weighted by atomic mass is 10.5. The number of aromatic nitrogens is 3. The minimum atomic E-state index is -4.01. The van der Waals surface area contributed by atoms with Crippen LogP contribution in [0.1, 0.15) is 0 Å². The number of nitrogens with two attached hydrogens (primary N) is 1. The first-order valence-electron chi connectivity index (χ1n) is 4.97. The van der Waals surface area contributed by atoms with E-state index < -0.39 is 20.6 Å². The van der Waals surface area contributed by atoms with Crippen LogP contribution in [0, 0.1) is 10.1 Å². The fraction of sp³-hybridized carbons (Fsp3) is 0.143. The monoisotopic (exact) mass is 319 g/mol. The standard InChI is InChI=1S/C7H9N7O4S2/c1-13-7(9-3-10-13)12-20(17,18)5-2-4(14(15)16)6(11-8)19-5/h2-3,11H,8H2,1H3,(H,9,10,12). The number of nitrogens with one attached hydrogen (secondary N) is 2. The first-order valence-corrected chi connectivity index (χ1v) is 7.27. The third kappa shape index (κ3) is 2.54. The normalized spacial score (nSPS) is 11.3. The van der Waals surface area contributed by atoms with Gasteiger partial charge in [0.05, 0.1) is 4.92 Å². The Morgan fingerprint density at radius 2 is 2.25 bits per heavy atom. The van der Waals surface area contributed by atoms with Gasteiger partial charge in [0.15, 0.2) is 5.00 Å². The number of thiophene rings is 1. The van der Waals surface area contributed by atoms with Crippen molar-refractivity contribution in [3.63, 3.8) is 0 Å². The zero-order chi connectivity index (χ0) is 14.9. The highest BCUT2D eigenvalue weighted by Gasteiger charge is 2.26. The third-order valence-electron chi connectivity index (χ3n) is 2.22. The fourth-order valence-electron chi connectivity index (χ4n) is 1.29. The molecule has 0 aromatic carbocycles. The summed E-state index contributed by atoms with van der Waals surface area (Å²) in [4.78, 5) is 13.7. The molecule has 0 aliphatic rings. The van der Waals surface area contributed by atoms with Gasteiger partial charge in [0.25, 0.3) is 10.0 Å². The lowest BCUT2D eigenvalue weighted by Gasteiger charge is -2.03. The van der Waals surface area contributed by atoms with Gasteiger partial charge in [-0.15, -0.1) is 0 Å². The van der Waals surface area contributed by atoms with Gasteiger partial charge in [0, 0.05) is 13.1 Å². The molecule has 0 amide bonds. The van der Waals surface area contributed by atoms with Crippen molar-refractivity contribution in [2.24, 2.45) is 12.9 Å². The van der Waals surface area contributed by atoms with Gasteiger partial charge in [-0.05, 0) is 0 Å². The second-order valence-corrected chi connectivity index (χ2v) is 6.46. The number of aryl methyl sites for hydroxylation is 1. The van der Waals surface area contributed by atoms with E-state index in [0.717, 1.165) is 6.07 Å². The largest absolute Gasteiger partial charge is 0.310 e. The Bertz CT molecular complexity index is 749. The summed E-state index contributed by atoms with van der Waals surface area (Å²) >= 11 is 0.637. The number of rotatable bonds is 5. The van der Waals surface area contributed by atoms with Crippen molar-refractivity contribution in [2.45, 2.75) is 4.21 Å². The third-order valence-corrected chi connectivity index (χ3v) is 5.08. The highest BCUT2D eigenvalue weighted by atomic mass is 32.2. The molecule has 0 saturated heterocycles. The summed E-state index contributed by atoms with van der Waals surface area (Å²) in [7, 11) is -2.51. The second kappa shape index (κ2) is 5.03. The van der Waals surface area contributed by atoms with E-state index in [1.54, 1.807) is 0 Å². The number of sulfonamides is 1. The van der Waals surface area contributed by atoms with Crippen LogP contribution in [-0.2, 0) is 17.1 Å². The van der Waals surface area contributed by atoms with Crippen LogP contribution in [0.4, 0.5) is 16.6 Å². The fourth-order valence-corrected chi connectivity index (χ4v) is 3.57. The van der Waals surface area contributed by atoms with Crippen molar-refractivity contribution in [1.82, 2.24) is 14.8 Å². The zero-order valence-electron chi connectivity index (χ0n) is 9.97. The van der Waals surface area contributed by atoms with Crippen molar-refractivity contribution in [3.05, 3.63) is 22.5 Å². The number of hydrogen-bond acceptors (Lipinski definition) is 9. The average molecular weight is 319 g/mol. The Kier molecular flexibility index (Phi) is 3.56. The van der Waals surface area contributed by atoms with Crippen molar-refractivity contribution >= 4 is 38.0 Å². The molecule has 108 valence electrons. The second-order valence-electron chi connectivity index (χ2n) is 3.49. The molecule has 4 N–H and O–H groups in total. The van der Waals surface area contributed by atoms with Crippen molar-refractivity contribution in [1.29, 1.82) is 0 Å². The van der Waals surface area contributed by atoms with Crippen molar-refractivity contribution in [3.8, 4) is 0 Å². The van der Waals surface area contributed by atoms with Crippen LogP contribution >= 0.6 is 11.3 Å². The molecule has 0 fully saturated rings. The van der Waals surface area contributed by atoms with E-state index in [0.29, 0.717) is 11.3 Å². The molecule has 2 heterocycles. The van der Waals surface area contributed by atoms with Crippen LogP contribution in [0.5, 0.6) is 0 Å². The summed E-state index contributed by atoms with van der Waals surface area (Å²) in [5, 5.41) is 14.4. The van der Waals surface area contributed by atoms with Gasteiger partial charge in [-0.1, -0.05) is 11.3 Å². The number of hydrazine groups is 1. The number of nitrogen functional groups attached to an aromatic ring is 1. The lowest BCUT2D eigenvalue weighted by molar-refractivity contribution is -0.383. The Balaban J connectivity index is 2.40. The topological polar surface area (TPSA) is 158 Å². The molecular weight excluding hydrogens is 310 g/mol. The Labute approximate surface area is 116 Å². The molecule has 0 saturated carbocycles. The van der Waals surface area contributed by atoms with Gasteiger partial charge in [-0.25, -0.2) is 23.7 Å². The predicted octanol–water partition coefficient (Wildman–Crippen LogP) is -0.129. The first-order chi connectivity index (χ1) is 9.35. The molecule has 0 unspecified atom stereocenters. The molecular formula is C7H9N7O4S2. The number of hydrogen-bond donors (Lipinski definition) is 3. The van der Waals surface area contributed by atoms with E-state index in [9.17, 15) is 18.5 Å². The van der Waals surface area contributed by atoms with Crippen LogP contribution in [-0.4, -0.2) is 28.1 Å². The zero-order valence-corrected chi connectivity index (χ0v) is 11.6. The van der Waals surface area contributed by atoms with Gasteiger partial charge < -0.3 is 5.43 Å². The average Bonchev–Trinajstić information content (AvgIpc) is 2.96. The van der Waals surface area contributed by atoms with E-state index in [1.165, 1.54) is 18.1 Å². The molecule has 0 radical (unpaired) electrons. The summed E-state index contributed by atoms with van der Waals surface area (Å²) < 4.78 is 27.3. The van der Waals surface area contributed by atoms with Crippen molar-refractivity contribution in [2.75, 3.05) is 10.1 Å². The maximum Gasteiger partial charge on any atom is 0.306 e. The minimum Gasteiger partial charge on any atom is -0.310 e. The van der Waals surface area contributed by atoms with E-state index in [1.807, 2.05) is 0 Å². The number of nitro groups is 1. The van der Waals surface area contributed by atoms with Crippen LogP contribution in [0.2, 0.25) is 0 Å². The summed E-state index contributed by atoms with van der Waals surface area (Å²) in [6, 6.07) is 0.915. The summed E-state index contributed by atoms with van der Waals surface area (Å²) in [5.74, 6) is 5.11. The Hall–Kier alpha value is -2.25. The summed E-state index contributed by atoms with van der Waals surface area (Å²) in [6.07, 6.45) is 1.17. The van der Waals surface area contributed by atoms with Crippen LogP contribution in [0.15, 0.2) is 16.6 Å². The lowest BCUT2D eigenvalue weighted by Crippen LogP contribution is -2.15. The molecule has 11 nitrogen and oxygen atoms in total. The quantitative estimate of drug-likeness (QED) is 0.390. The number of anilines is 2. The molecule has 0 aliphatic heterocycles. The molecule has 2 rings (SSSR count). The molecule has 0 atom stereocenters. The van der Waals surface area contributed by atoms with E-state index in [-0.39, 0.29) is 15.2 Å². The highest BCUT2D eigenvalue weighted by Crippen LogP contribution is 2.36. The highest BCUT2D eigenvalue weighted by molar-refractivity contribution is 7.94. The van der Waals surface area contributed by atoms with Gasteiger partial charge >= 0.3 is 5.69 Å². The smallest absolute Gasteiger partial charge is 0.306 e. The van der Waals surface area contributed by atoms with Gasteiger partial charge in [0.1, 0.15) is 10.5 Å². The molecule has 0 aliphatic carbocycles. The minimum absolute atomic E-state index is 0.0108. The molecule has 2 aromatic heterocycles. The molecule has 2 aromatic rings. The van der Waals surface area contributed by atoms with Gasteiger partial charge in [-0.2, -0.15) is 10.1 Å². The van der Waals surface area contributed by atoms with Crippen LogP contribution in [0.3, 0.4) is 0 Å². The Morgan fingerprint density at radius 3 is 2.70 bits per heavy atom. The van der Waals surface area contributed by atoms with E-state index in [2.05, 4.69) is 20.2 Å². The van der Waals surface area contributed by atoms with Gasteiger partial charge in [0.2, 0.25) is 5.95 Å². The van der Waals surface area contributed by atoms with Gasteiger partial charge in [-0.3, -0.25) is 10.1 Å².